The molecule has 1 aliphatic rings. The molecule has 3 atom stereocenters. The summed E-state index contributed by atoms with van der Waals surface area (Å²) < 4.78 is 31.7. The van der Waals surface area contributed by atoms with Gasteiger partial charge in [-0.1, -0.05) is 23.8 Å². The Labute approximate surface area is 131 Å². The lowest BCUT2D eigenvalue weighted by atomic mass is 10.1. The Morgan fingerprint density at radius 2 is 1.77 bits per heavy atom. The summed E-state index contributed by atoms with van der Waals surface area (Å²) in [5.74, 6) is -0.487. The van der Waals surface area contributed by atoms with Crippen molar-refractivity contribution >= 4 is 16.0 Å². The molecule has 120 valence electrons. The maximum Gasteiger partial charge on any atom is 0.330 e. The van der Waals surface area contributed by atoms with Gasteiger partial charge in [0.1, 0.15) is 0 Å². The van der Waals surface area contributed by atoms with Crippen LogP contribution in [-0.4, -0.2) is 37.9 Å². The maximum absolute atomic E-state index is 12.9. The van der Waals surface area contributed by atoms with Crippen molar-refractivity contribution in [1.29, 1.82) is 0 Å². The van der Waals surface area contributed by atoms with Gasteiger partial charge in [0.15, 0.2) is 0 Å². The smallest absolute Gasteiger partial charge is 0.330 e. The summed E-state index contributed by atoms with van der Waals surface area (Å²) >= 11 is 0. The van der Waals surface area contributed by atoms with E-state index in [-0.39, 0.29) is 12.1 Å². The molecule has 1 unspecified atom stereocenters. The van der Waals surface area contributed by atoms with E-state index in [1.54, 1.807) is 19.9 Å². The average molecular weight is 323 g/mol. The van der Waals surface area contributed by atoms with Crippen LogP contribution in [0.1, 0.15) is 23.6 Å². The highest BCUT2D eigenvalue weighted by atomic mass is 32.2. The zero-order valence-electron chi connectivity index (χ0n) is 13.5. The molecule has 1 heterocycles. The van der Waals surface area contributed by atoms with Crippen LogP contribution in [0.15, 0.2) is 29.2 Å². The van der Waals surface area contributed by atoms with Crippen LogP contribution >= 0.6 is 0 Å². The first-order chi connectivity index (χ1) is 10.2. The molecule has 1 saturated heterocycles. The van der Waals surface area contributed by atoms with E-state index in [4.69, 9.17) is 0 Å². The van der Waals surface area contributed by atoms with Crippen molar-refractivity contribution in [3.63, 3.8) is 0 Å². The third-order valence-corrected chi connectivity index (χ3v) is 6.16. The second kappa shape index (κ2) is 5.85. The van der Waals surface area contributed by atoms with Crippen molar-refractivity contribution in [2.75, 3.05) is 7.11 Å². The molecule has 1 fully saturated rings. The second-order valence-electron chi connectivity index (χ2n) is 5.68. The van der Waals surface area contributed by atoms with E-state index < -0.39 is 16.0 Å². The van der Waals surface area contributed by atoms with E-state index >= 15 is 0 Å². The monoisotopic (exact) mass is 323 g/mol. The molecule has 0 N–H and O–H groups in total. The van der Waals surface area contributed by atoms with Gasteiger partial charge in [-0.05, 0) is 38.8 Å². The van der Waals surface area contributed by atoms with E-state index in [1.807, 2.05) is 26.0 Å². The molecule has 1 aliphatic heterocycles. The maximum atomic E-state index is 12.9. The second-order valence-corrected chi connectivity index (χ2v) is 7.46. The summed E-state index contributed by atoms with van der Waals surface area (Å²) in [5, 5.41) is 0. The Balaban J connectivity index is 2.34. The van der Waals surface area contributed by atoms with Crippen molar-refractivity contribution in [2.45, 2.75) is 44.7 Å². The van der Waals surface area contributed by atoms with Gasteiger partial charge in [0.2, 0.25) is 10.0 Å². The van der Waals surface area contributed by atoms with Crippen LogP contribution in [0, 0.1) is 20.8 Å². The molecule has 1 aromatic rings. The SMILES string of the molecule is COC(=O)/C=C\[C@@H]1[C@H](C)N1S(=O)(=O)c1c(C)cc(C)cc1C. The largest absolute Gasteiger partial charge is 0.466 e. The lowest BCUT2D eigenvalue weighted by Crippen LogP contribution is -2.18. The van der Waals surface area contributed by atoms with Crippen molar-refractivity contribution in [2.24, 2.45) is 0 Å². The Morgan fingerprint density at radius 3 is 2.27 bits per heavy atom. The van der Waals surface area contributed by atoms with Crippen LogP contribution in [0.3, 0.4) is 0 Å². The zero-order valence-corrected chi connectivity index (χ0v) is 14.3. The van der Waals surface area contributed by atoms with E-state index in [2.05, 4.69) is 4.74 Å². The summed E-state index contributed by atoms with van der Waals surface area (Å²) in [6.07, 6.45) is 2.85. The fraction of sp³-hybridized carbons (Fsp3) is 0.438. The summed E-state index contributed by atoms with van der Waals surface area (Å²) in [4.78, 5) is 11.5. The Bertz CT molecular complexity index is 714. The summed E-state index contributed by atoms with van der Waals surface area (Å²) in [6, 6.07) is 3.27. The van der Waals surface area contributed by atoms with Gasteiger partial charge in [-0.3, -0.25) is 0 Å². The first kappa shape index (κ1) is 16.7. The van der Waals surface area contributed by atoms with Crippen LogP contribution in [0.2, 0.25) is 0 Å². The predicted octanol–water partition coefficient (Wildman–Crippen LogP) is 2.10. The third-order valence-electron chi connectivity index (χ3n) is 3.87. The zero-order chi connectivity index (χ0) is 16.7. The van der Waals surface area contributed by atoms with E-state index in [1.165, 1.54) is 17.5 Å². The number of benzene rings is 1. The number of nitrogens with zero attached hydrogens (tertiary/aromatic N) is 1. The lowest BCUT2D eigenvalue weighted by molar-refractivity contribution is -0.134. The van der Waals surface area contributed by atoms with Gasteiger partial charge in [-0.2, -0.15) is 4.31 Å². The first-order valence-electron chi connectivity index (χ1n) is 7.07. The van der Waals surface area contributed by atoms with Gasteiger partial charge in [0.25, 0.3) is 0 Å². The topological polar surface area (TPSA) is 63.5 Å². The van der Waals surface area contributed by atoms with Crippen molar-refractivity contribution in [3.8, 4) is 0 Å². The summed E-state index contributed by atoms with van der Waals surface area (Å²) in [7, 11) is -2.28. The molecule has 0 aromatic heterocycles. The van der Waals surface area contributed by atoms with Crippen LogP contribution < -0.4 is 0 Å². The molecule has 0 bridgehead atoms. The molecular formula is C16H21NO4S. The van der Waals surface area contributed by atoms with E-state index in [9.17, 15) is 13.2 Å². The number of hydrogen-bond donors (Lipinski definition) is 0. The number of sulfonamides is 1. The predicted molar refractivity (Wildman–Crippen MR) is 84.1 cm³/mol. The van der Waals surface area contributed by atoms with Gasteiger partial charge < -0.3 is 4.74 Å². The molecule has 0 spiro atoms. The molecule has 0 radical (unpaired) electrons. The highest BCUT2D eigenvalue weighted by molar-refractivity contribution is 7.89. The van der Waals surface area contributed by atoms with E-state index in [0.29, 0.717) is 4.90 Å². The molecule has 0 saturated carbocycles. The average Bonchev–Trinajstić information content (AvgIpc) is 3.05. The number of rotatable bonds is 4. The number of carbonyl (C=O) groups is 1. The fourth-order valence-electron chi connectivity index (χ4n) is 2.89. The Hall–Kier alpha value is -1.66. The number of hydrogen-bond acceptors (Lipinski definition) is 4. The molecule has 22 heavy (non-hydrogen) atoms. The molecule has 1 aromatic carbocycles. The van der Waals surface area contributed by atoms with Crippen LogP contribution in [0.4, 0.5) is 0 Å². The lowest BCUT2D eigenvalue weighted by Gasteiger charge is -2.13. The van der Waals surface area contributed by atoms with Gasteiger partial charge in [-0.25, -0.2) is 13.2 Å². The summed E-state index contributed by atoms with van der Waals surface area (Å²) in [6.45, 7) is 7.38. The molecule has 0 aliphatic carbocycles. The summed E-state index contributed by atoms with van der Waals surface area (Å²) in [5.41, 5.74) is 2.52. The third kappa shape index (κ3) is 2.94. The first-order valence-corrected chi connectivity index (χ1v) is 8.51. The fourth-order valence-corrected chi connectivity index (χ4v) is 5.11. The molecule has 0 amide bonds. The van der Waals surface area contributed by atoms with E-state index in [0.717, 1.165) is 16.7 Å². The van der Waals surface area contributed by atoms with Crippen molar-refractivity contribution in [1.82, 2.24) is 4.31 Å². The Morgan fingerprint density at radius 1 is 1.23 bits per heavy atom. The molecule has 2 rings (SSSR count). The van der Waals surface area contributed by atoms with Gasteiger partial charge in [0.05, 0.1) is 18.0 Å². The number of carbonyl (C=O) groups excluding carboxylic acids is 1. The van der Waals surface area contributed by atoms with Gasteiger partial charge >= 0.3 is 5.97 Å². The van der Waals surface area contributed by atoms with Crippen molar-refractivity contribution in [3.05, 3.63) is 41.0 Å². The van der Waals surface area contributed by atoms with Crippen LogP contribution in [0.5, 0.6) is 0 Å². The Kier molecular flexibility index (Phi) is 4.44. The highest BCUT2D eigenvalue weighted by Gasteiger charge is 2.51. The number of aryl methyl sites for hydroxylation is 3. The van der Waals surface area contributed by atoms with Crippen LogP contribution in [-0.2, 0) is 19.6 Å². The highest BCUT2D eigenvalue weighted by Crippen LogP contribution is 2.38. The minimum absolute atomic E-state index is 0.161. The van der Waals surface area contributed by atoms with Gasteiger partial charge in [-0.15, -0.1) is 0 Å². The molecule has 6 heteroatoms. The molecule has 5 nitrogen and oxygen atoms in total. The number of ether oxygens (including phenoxy) is 1. The minimum Gasteiger partial charge on any atom is -0.466 e. The minimum atomic E-state index is -3.57. The van der Waals surface area contributed by atoms with Crippen molar-refractivity contribution < 1.29 is 17.9 Å². The van der Waals surface area contributed by atoms with Gasteiger partial charge in [0, 0.05) is 12.1 Å². The number of esters is 1. The molecular weight excluding hydrogens is 302 g/mol. The van der Waals surface area contributed by atoms with Crippen LogP contribution in [0.25, 0.3) is 0 Å². The quantitative estimate of drug-likeness (QED) is 0.483. The normalized spacial score (nSPS) is 24.5. The number of methoxy groups -OCH3 is 1. The standard InChI is InChI=1S/C16H21NO4S/c1-10-8-11(2)16(12(3)9-10)22(19,20)17-13(4)14(17)6-7-15(18)21-5/h6-9,13-14H,1-5H3/b7-6-/t13-,14+,17?/m0/s1.